The van der Waals surface area contributed by atoms with Gasteiger partial charge in [-0.25, -0.2) is 0 Å². The molecule has 4 heteroatoms. The van der Waals surface area contributed by atoms with E-state index in [-0.39, 0.29) is 18.4 Å². The first-order valence-corrected chi connectivity index (χ1v) is 6.13. The molecule has 18 heavy (non-hydrogen) atoms. The lowest BCUT2D eigenvalue weighted by atomic mass is 10.0. The molecule has 0 radical (unpaired) electrons. The molecule has 1 aromatic rings. The van der Waals surface area contributed by atoms with Gasteiger partial charge in [-0.15, -0.1) is 0 Å². The van der Waals surface area contributed by atoms with Crippen molar-refractivity contribution in [2.75, 3.05) is 33.4 Å². The second-order valence-electron chi connectivity index (χ2n) is 4.16. The molecule has 100 valence electrons. The number of hydrogen-bond acceptors (Lipinski definition) is 4. The monoisotopic (exact) mass is 251 g/mol. The maximum Gasteiger partial charge on any atom is 0.179 e. The summed E-state index contributed by atoms with van der Waals surface area (Å²) in [6, 6.07) is 8.96. The van der Waals surface area contributed by atoms with Crippen LogP contribution in [-0.2, 0) is 4.74 Å². The summed E-state index contributed by atoms with van der Waals surface area (Å²) in [5, 5.41) is 9.04. The standard InChI is InChI=1S/C14H21NO3/c1-12(15(8-10-16)9-11-18-2)14(17)13-6-4-3-5-7-13/h3-7,12,16H,8-11H2,1-2H3. The van der Waals surface area contributed by atoms with Gasteiger partial charge in [-0.3, -0.25) is 9.69 Å². The average molecular weight is 251 g/mol. The molecule has 0 aliphatic carbocycles. The third-order valence-electron chi connectivity index (χ3n) is 2.96. The van der Waals surface area contributed by atoms with E-state index >= 15 is 0 Å². The number of rotatable bonds is 8. The van der Waals surface area contributed by atoms with Crippen LogP contribution in [0.2, 0.25) is 0 Å². The second-order valence-corrected chi connectivity index (χ2v) is 4.16. The van der Waals surface area contributed by atoms with E-state index in [9.17, 15) is 4.79 Å². The molecular formula is C14H21NO3. The van der Waals surface area contributed by atoms with Crippen LogP contribution in [0.15, 0.2) is 30.3 Å². The van der Waals surface area contributed by atoms with Gasteiger partial charge >= 0.3 is 0 Å². The van der Waals surface area contributed by atoms with Gasteiger partial charge in [-0.2, -0.15) is 0 Å². The second kappa shape index (κ2) is 7.97. The molecule has 1 unspecified atom stereocenters. The zero-order valence-corrected chi connectivity index (χ0v) is 11.0. The number of aliphatic hydroxyl groups is 1. The summed E-state index contributed by atoms with van der Waals surface area (Å²) in [5.74, 6) is 0.0696. The summed E-state index contributed by atoms with van der Waals surface area (Å²) in [6.45, 7) is 3.56. The Morgan fingerprint density at radius 2 is 2.00 bits per heavy atom. The first kappa shape index (κ1) is 14.8. The van der Waals surface area contributed by atoms with E-state index < -0.39 is 0 Å². The molecule has 1 N–H and O–H groups in total. The smallest absolute Gasteiger partial charge is 0.179 e. The molecule has 4 nitrogen and oxygen atoms in total. The molecule has 0 spiro atoms. The van der Waals surface area contributed by atoms with Gasteiger partial charge in [0, 0.05) is 25.8 Å². The van der Waals surface area contributed by atoms with Gasteiger partial charge in [-0.05, 0) is 6.92 Å². The van der Waals surface area contributed by atoms with Crippen LogP contribution < -0.4 is 0 Å². The van der Waals surface area contributed by atoms with Crippen molar-refractivity contribution in [1.29, 1.82) is 0 Å². The molecule has 1 atom stereocenters. The van der Waals surface area contributed by atoms with Gasteiger partial charge in [-0.1, -0.05) is 30.3 Å². The lowest BCUT2D eigenvalue weighted by Crippen LogP contribution is -2.42. The number of ketones is 1. The minimum Gasteiger partial charge on any atom is -0.395 e. The van der Waals surface area contributed by atoms with E-state index in [1.807, 2.05) is 42.2 Å². The van der Waals surface area contributed by atoms with Gasteiger partial charge < -0.3 is 9.84 Å². The van der Waals surface area contributed by atoms with Crippen LogP contribution in [0, 0.1) is 0 Å². The van der Waals surface area contributed by atoms with E-state index in [1.165, 1.54) is 0 Å². The van der Waals surface area contributed by atoms with Crippen molar-refractivity contribution in [3.8, 4) is 0 Å². The SMILES string of the molecule is COCCN(CCO)C(C)C(=O)c1ccccc1. The Morgan fingerprint density at radius 1 is 1.33 bits per heavy atom. The molecule has 0 saturated heterocycles. The summed E-state index contributed by atoms with van der Waals surface area (Å²) < 4.78 is 5.02. The largest absolute Gasteiger partial charge is 0.395 e. The Labute approximate surface area is 108 Å². The summed E-state index contributed by atoms with van der Waals surface area (Å²) in [5.41, 5.74) is 0.699. The summed E-state index contributed by atoms with van der Waals surface area (Å²) in [7, 11) is 1.63. The van der Waals surface area contributed by atoms with Gasteiger partial charge in [0.05, 0.1) is 19.3 Å². The normalized spacial score (nSPS) is 12.7. The van der Waals surface area contributed by atoms with E-state index in [0.717, 1.165) is 0 Å². The van der Waals surface area contributed by atoms with Crippen LogP contribution in [0.1, 0.15) is 17.3 Å². The van der Waals surface area contributed by atoms with Crippen LogP contribution in [0.25, 0.3) is 0 Å². The van der Waals surface area contributed by atoms with Crippen LogP contribution in [0.3, 0.4) is 0 Å². The van der Waals surface area contributed by atoms with E-state index in [1.54, 1.807) is 7.11 Å². The number of methoxy groups -OCH3 is 1. The van der Waals surface area contributed by atoms with Gasteiger partial charge in [0.15, 0.2) is 5.78 Å². The molecule has 0 amide bonds. The molecular weight excluding hydrogens is 230 g/mol. The zero-order valence-electron chi connectivity index (χ0n) is 11.0. The molecule has 1 rings (SSSR count). The molecule has 0 heterocycles. The molecule has 0 aromatic heterocycles. The highest BCUT2D eigenvalue weighted by Gasteiger charge is 2.21. The number of Topliss-reactive ketones (excluding diaryl/α,β-unsaturated/α-hetero) is 1. The molecule has 0 bridgehead atoms. The number of nitrogens with zero attached hydrogens (tertiary/aromatic N) is 1. The third kappa shape index (κ3) is 4.22. The number of carbonyl (C=O) groups excluding carboxylic acids is 1. The Hall–Kier alpha value is -1.23. The summed E-state index contributed by atoms with van der Waals surface area (Å²) in [6.07, 6.45) is 0. The van der Waals surface area contributed by atoms with Crippen molar-refractivity contribution in [3.05, 3.63) is 35.9 Å². The molecule has 0 saturated carbocycles. The van der Waals surface area contributed by atoms with Crippen LogP contribution in [-0.4, -0.2) is 55.2 Å². The zero-order chi connectivity index (χ0) is 13.4. The number of aliphatic hydroxyl groups excluding tert-OH is 1. The number of carbonyl (C=O) groups is 1. The van der Waals surface area contributed by atoms with E-state index in [0.29, 0.717) is 25.3 Å². The van der Waals surface area contributed by atoms with Crippen molar-refractivity contribution in [2.45, 2.75) is 13.0 Å². The van der Waals surface area contributed by atoms with Crippen molar-refractivity contribution in [1.82, 2.24) is 4.90 Å². The Morgan fingerprint density at radius 3 is 2.56 bits per heavy atom. The number of ether oxygens (including phenoxy) is 1. The Balaban J connectivity index is 2.69. The first-order chi connectivity index (χ1) is 8.70. The van der Waals surface area contributed by atoms with Gasteiger partial charge in [0.25, 0.3) is 0 Å². The first-order valence-electron chi connectivity index (χ1n) is 6.13. The topological polar surface area (TPSA) is 49.8 Å². The lowest BCUT2D eigenvalue weighted by molar-refractivity contribution is 0.0730. The van der Waals surface area contributed by atoms with Crippen molar-refractivity contribution in [2.24, 2.45) is 0 Å². The highest BCUT2D eigenvalue weighted by Crippen LogP contribution is 2.08. The highest BCUT2D eigenvalue weighted by molar-refractivity contribution is 5.99. The van der Waals surface area contributed by atoms with Gasteiger partial charge in [0.1, 0.15) is 0 Å². The lowest BCUT2D eigenvalue weighted by Gasteiger charge is -2.27. The number of benzene rings is 1. The van der Waals surface area contributed by atoms with Crippen LogP contribution >= 0.6 is 0 Å². The number of hydrogen-bond donors (Lipinski definition) is 1. The molecule has 0 aliphatic rings. The maximum absolute atomic E-state index is 12.3. The minimum atomic E-state index is -0.255. The van der Waals surface area contributed by atoms with E-state index in [2.05, 4.69) is 0 Å². The van der Waals surface area contributed by atoms with Crippen LogP contribution in [0.5, 0.6) is 0 Å². The average Bonchev–Trinajstić information content (AvgIpc) is 2.43. The van der Waals surface area contributed by atoms with Crippen molar-refractivity contribution < 1.29 is 14.6 Å². The minimum absolute atomic E-state index is 0.0378. The third-order valence-corrected chi connectivity index (χ3v) is 2.96. The fourth-order valence-corrected chi connectivity index (χ4v) is 1.85. The van der Waals surface area contributed by atoms with Crippen molar-refractivity contribution >= 4 is 5.78 Å². The molecule has 0 fully saturated rings. The molecule has 0 aliphatic heterocycles. The fraction of sp³-hybridized carbons (Fsp3) is 0.500. The fourth-order valence-electron chi connectivity index (χ4n) is 1.85. The summed E-state index contributed by atoms with van der Waals surface area (Å²) in [4.78, 5) is 14.2. The summed E-state index contributed by atoms with van der Waals surface area (Å²) >= 11 is 0. The maximum atomic E-state index is 12.3. The quantitative estimate of drug-likeness (QED) is 0.705. The van der Waals surface area contributed by atoms with Crippen LogP contribution in [0.4, 0.5) is 0 Å². The molecule has 1 aromatic carbocycles. The predicted molar refractivity (Wildman–Crippen MR) is 70.8 cm³/mol. The highest BCUT2D eigenvalue weighted by atomic mass is 16.5. The van der Waals surface area contributed by atoms with E-state index in [4.69, 9.17) is 9.84 Å². The Bertz CT molecular complexity index is 353. The Kier molecular flexibility index (Phi) is 6.57. The van der Waals surface area contributed by atoms with Gasteiger partial charge in [0.2, 0.25) is 0 Å². The van der Waals surface area contributed by atoms with Crippen molar-refractivity contribution in [3.63, 3.8) is 0 Å². The predicted octanol–water partition coefficient (Wildman–Crippen LogP) is 1.20.